The fourth-order valence-corrected chi connectivity index (χ4v) is 3.01. The van der Waals surface area contributed by atoms with Gasteiger partial charge >= 0.3 is 0 Å². The normalized spacial score (nSPS) is 24.7. The predicted octanol–water partition coefficient (Wildman–Crippen LogP) is 1.77. The fraction of sp³-hybridized carbons (Fsp3) is 0.500. The largest absolute Gasteiger partial charge is 0.378 e. The molecule has 2 aliphatic heterocycles. The van der Waals surface area contributed by atoms with Gasteiger partial charge in [-0.15, -0.1) is 11.3 Å². The lowest BCUT2D eigenvalue weighted by Crippen LogP contribution is -2.42. The maximum absolute atomic E-state index is 6.06. The first-order chi connectivity index (χ1) is 7.84. The maximum atomic E-state index is 6.06. The van der Waals surface area contributed by atoms with Crippen LogP contribution < -0.4 is 5.32 Å². The van der Waals surface area contributed by atoms with Gasteiger partial charge in [-0.1, -0.05) is 11.6 Å². The first-order valence-corrected chi connectivity index (χ1v) is 6.55. The zero-order valence-corrected chi connectivity index (χ0v) is 10.2. The molecule has 16 heavy (non-hydrogen) atoms. The van der Waals surface area contributed by atoms with Crippen LogP contribution in [0.5, 0.6) is 0 Å². The number of nitrogens with one attached hydrogen (secondary N) is 1. The highest BCUT2D eigenvalue weighted by atomic mass is 35.5. The van der Waals surface area contributed by atoms with Gasteiger partial charge in [-0.2, -0.15) is 0 Å². The molecule has 1 N–H and O–H groups in total. The van der Waals surface area contributed by atoms with Crippen molar-refractivity contribution in [3.8, 4) is 0 Å². The Morgan fingerprint density at radius 2 is 2.31 bits per heavy atom. The number of alkyl halides is 1. The molecule has 0 saturated carbocycles. The van der Waals surface area contributed by atoms with Crippen LogP contribution in [0, 0.1) is 0 Å². The molecule has 3 heterocycles. The van der Waals surface area contributed by atoms with Crippen molar-refractivity contribution in [3.05, 3.63) is 16.3 Å². The van der Waals surface area contributed by atoms with E-state index in [1.54, 1.807) is 11.3 Å². The van der Waals surface area contributed by atoms with Crippen molar-refractivity contribution in [2.45, 2.75) is 5.62 Å². The van der Waals surface area contributed by atoms with E-state index in [4.69, 9.17) is 16.3 Å². The Balaban J connectivity index is 1.92. The molecular formula is C10H12ClN3OS. The average Bonchev–Trinajstić information content (AvgIpc) is 2.77. The smallest absolute Gasteiger partial charge is 0.197 e. The van der Waals surface area contributed by atoms with Gasteiger partial charge in [0.2, 0.25) is 0 Å². The van der Waals surface area contributed by atoms with Crippen molar-refractivity contribution in [1.29, 1.82) is 0 Å². The van der Waals surface area contributed by atoms with Crippen LogP contribution in [0.15, 0.2) is 16.4 Å². The molecule has 3 rings (SSSR count). The summed E-state index contributed by atoms with van der Waals surface area (Å²) in [6, 6.07) is 2.05. The summed E-state index contributed by atoms with van der Waals surface area (Å²) in [5.41, 5.74) is 0.724. The van der Waals surface area contributed by atoms with Crippen molar-refractivity contribution in [2.24, 2.45) is 4.99 Å². The Labute approximate surface area is 103 Å². The summed E-state index contributed by atoms with van der Waals surface area (Å²) < 4.78 is 5.34. The molecular weight excluding hydrogens is 246 g/mol. The summed E-state index contributed by atoms with van der Waals surface area (Å²) in [6.45, 7) is 3.31. The van der Waals surface area contributed by atoms with E-state index in [9.17, 15) is 0 Å². The van der Waals surface area contributed by atoms with Crippen LogP contribution >= 0.6 is 22.9 Å². The second-order valence-electron chi connectivity index (χ2n) is 3.70. The number of morpholine rings is 1. The van der Waals surface area contributed by atoms with Crippen molar-refractivity contribution in [1.82, 2.24) is 4.90 Å². The molecule has 2 aliphatic rings. The summed E-state index contributed by atoms with van der Waals surface area (Å²) >= 11 is 7.76. The van der Waals surface area contributed by atoms with E-state index in [0.717, 1.165) is 37.8 Å². The van der Waals surface area contributed by atoms with Gasteiger partial charge in [-0.3, -0.25) is 0 Å². The van der Waals surface area contributed by atoms with Crippen LogP contribution in [0.1, 0.15) is 4.88 Å². The van der Waals surface area contributed by atoms with Gasteiger partial charge in [0, 0.05) is 13.1 Å². The monoisotopic (exact) mass is 257 g/mol. The van der Waals surface area contributed by atoms with Crippen molar-refractivity contribution >= 4 is 34.5 Å². The number of fused-ring (bicyclic) bond motifs is 1. The summed E-state index contributed by atoms with van der Waals surface area (Å²) in [4.78, 5) is 7.90. The molecule has 0 bridgehead atoms. The molecule has 0 amide bonds. The Kier molecular flexibility index (Phi) is 2.75. The lowest BCUT2D eigenvalue weighted by molar-refractivity contribution is 0.0682. The molecule has 86 valence electrons. The Hall–Kier alpha value is -0.780. The standard InChI is InChI=1S/C10H12ClN3OS/c11-10-12-7-1-6-16-8(7)9(13-10)14-2-4-15-5-3-14/h1,6,10,12H,2-5H2. The molecule has 1 fully saturated rings. The molecule has 1 unspecified atom stereocenters. The predicted molar refractivity (Wildman–Crippen MR) is 66.5 cm³/mol. The number of ether oxygens (including phenoxy) is 1. The van der Waals surface area contributed by atoms with E-state index in [-0.39, 0.29) is 5.62 Å². The van der Waals surface area contributed by atoms with Crippen LogP contribution in [-0.4, -0.2) is 42.7 Å². The molecule has 0 radical (unpaired) electrons. The quantitative estimate of drug-likeness (QED) is 0.569. The van der Waals surface area contributed by atoms with E-state index in [0.29, 0.717) is 0 Å². The van der Waals surface area contributed by atoms with Crippen molar-refractivity contribution in [3.63, 3.8) is 0 Å². The number of rotatable bonds is 0. The number of anilines is 1. The van der Waals surface area contributed by atoms with Crippen LogP contribution in [-0.2, 0) is 4.74 Å². The third-order valence-corrected chi connectivity index (χ3v) is 3.81. The lowest BCUT2D eigenvalue weighted by Gasteiger charge is -2.32. The molecule has 0 spiro atoms. The summed E-state index contributed by atoms with van der Waals surface area (Å²) in [7, 11) is 0. The SMILES string of the molecule is ClC1N=C(N2CCOCC2)c2sccc2N1. The molecule has 1 aromatic heterocycles. The third-order valence-electron chi connectivity index (χ3n) is 2.69. The van der Waals surface area contributed by atoms with E-state index >= 15 is 0 Å². The molecule has 1 atom stereocenters. The fourth-order valence-electron chi connectivity index (χ4n) is 1.92. The van der Waals surface area contributed by atoms with Crippen LogP contribution in [0.2, 0.25) is 0 Å². The topological polar surface area (TPSA) is 36.9 Å². The summed E-state index contributed by atoms with van der Waals surface area (Å²) in [5, 5.41) is 5.20. The summed E-state index contributed by atoms with van der Waals surface area (Å²) in [5.74, 6) is 1.01. The van der Waals surface area contributed by atoms with E-state index < -0.39 is 0 Å². The van der Waals surface area contributed by atoms with Crippen LogP contribution in [0.4, 0.5) is 5.69 Å². The van der Waals surface area contributed by atoms with E-state index in [1.165, 1.54) is 4.88 Å². The molecule has 6 heteroatoms. The zero-order chi connectivity index (χ0) is 11.0. The van der Waals surface area contributed by atoms with Gasteiger partial charge in [0.15, 0.2) is 5.62 Å². The highest BCUT2D eigenvalue weighted by molar-refractivity contribution is 7.12. The minimum absolute atomic E-state index is 0.361. The van der Waals surface area contributed by atoms with Gasteiger partial charge in [-0.25, -0.2) is 4.99 Å². The number of thiophene rings is 1. The van der Waals surface area contributed by atoms with E-state index in [1.807, 2.05) is 6.07 Å². The minimum atomic E-state index is -0.361. The van der Waals surface area contributed by atoms with Crippen LogP contribution in [0.25, 0.3) is 0 Å². The molecule has 4 nitrogen and oxygen atoms in total. The zero-order valence-electron chi connectivity index (χ0n) is 8.65. The van der Waals surface area contributed by atoms with Gasteiger partial charge in [0.05, 0.1) is 23.8 Å². The first-order valence-electron chi connectivity index (χ1n) is 5.23. The highest BCUT2D eigenvalue weighted by Gasteiger charge is 2.25. The number of aliphatic imine (C=N–C) groups is 1. The third kappa shape index (κ3) is 1.79. The second kappa shape index (κ2) is 4.24. The molecule has 0 aliphatic carbocycles. The molecule has 0 aromatic carbocycles. The minimum Gasteiger partial charge on any atom is -0.378 e. The van der Waals surface area contributed by atoms with Gasteiger partial charge < -0.3 is 15.0 Å². The number of amidine groups is 1. The number of nitrogens with zero attached hydrogens (tertiary/aromatic N) is 2. The molecule has 1 aromatic rings. The number of halogens is 1. The Morgan fingerprint density at radius 1 is 1.50 bits per heavy atom. The maximum Gasteiger partial charge on any atom is 0.197 e. The molecule has 1 saturated heterocycles. The average molecular weight is 258 g/mol. The van der Waals surface area contributed by atoms with Crippen molar-refractivity contribution < 1.29 is 4.74 Å². The Bertz CT molecular complexity index is 414. The van der Waals surface area contributed by atoms with Crippen LogP contribution in [0.3, 0.4) is 0 Å². The Morgan fingerprint density at radius 3 is 3.12 bits per heavy atom. The number of hydrogen-bond donors (Lipinski definition) is 1. The highest BCUT2D eigenvalue weighted by Crippen LogP contribution is 2.30. The summed E-state index contributed by atoms with van der Waals surface area (Å²) in [6.07, 6.45) is 0. The van der Waals surface area contributed by atoms with Gasteiger partial charge in [0.1, 0.15) is 5.84 Å². The van der Waals surface area contributed by atoms with E-state index in [2.05, 4.69) is 20.6 Å². The lowest BCUT2D eigenvalue weighted by atomic mass is 10.3. The van der Waals surface area contributed by atoms with Gasteiger partial charge in [-0.05, 0) is 11.4 Å². The second-order valence-corrected chi connectivity index (χ2v) is 5.03. The van der Waals surface area contributed by atoms with Crippen molar-refractivity contribution in [2.75, 3.05) is 31.6 Å². The van der Waals surface area contributed by atoms with Gasteiger partial charge in [0.25, 0.3) is 0 Å². The first kappa shape index (κ1) is 10.4. The number of hydrogen-bond acceptors (Lipinski definition) is 5.